The van der Waals surface area contributed by atoms with Gasteiger partial charge in [0.15, 0.2) is 11.4 Å². The van der Waals surface area contributed by atoms with Gasteiger partial charge in [0.2, 0.25) is 0 Å². The molecule has 0 spiro atoms. The molecule has 0 unspecified atom stereocenters. The smallest absolute Gasteiger partial charge is 0.412 e. The molecule has 0 aliphatic heterocycles. The summed E-state index contributed by atoms with van der Waals surface area (Å²) < 4.78 is 15.0. The third-order valence-corrected chi connectivity index (χ3v) is 3.47. The van der Waals surface area contributed by atoms with Gasteiger partial charge in [0.1, 0.15) is 0 Å². The van der Waals surface area contributed by atoms with E-state index in [1.54, 1.807) is 7.11 Å². The molecule has 3 rings (SSSR count). The van der Waals surface area contributed by atoms with Crippen LogP contribution in [0.3, 0.4) is 0 Å². The number of anilines is 1. The van der Waals surface area contributed by atoms with Gasteiger partial charge in [-0.1, -0.05) is 11.2 Å². The molecule has 0 aliphatic rings. The molecule has 0 bridgehead atoms. The molecular weight excluding hydrogens is 300 g/mol. The first-order valence-corrected chi connectivity index (χ1v) is 6.91. The number of H-pyrrole nitrogens is 1. The zero-order chi connectivity index (χ0) is 16.4. The summed E-state index contributed by atoms with van der Waals surface area (Å²) in [5, 5.41) is 14.3. The minimum atomic E-state index is -0.600. The van der Waals surface area contributed by atoms with E-state index in [0.29, 0.717) is 23.4 Å². The second-order valence-electron chi connectivity index (χ2n) is 4.96. The number of ether oxygens (including phenoxy) is 2. The van der Waals surface area contributed by atoms with Crippen molar-refractivity contribution in [2.24, 2.45) is 0 Å². The van der Waals surface area contributed by atoms with E-state index in [4.69, 9.17) is 9.26 Å². The fourth-order valence-corrected chi connectivity index (χ4v) is 2.43. The zero-order valence-electron chi connectivity index (χ0n) is 13.0. The number of nitrogens with one attached hydrogen (secondary N) is 2. The molecule has 1 amide bonds. The van der Waals surface area contributed by atoms with E-state index in [9.17, 15) is 4.79 Å². The maximum atomic E-state index is 11.3. The molecular formula is C15H16N4O4. The number of aromatic amines is 1. The van der Waals surface area contributed by atoms with Gasteiger partial charge in [-0.05, 0) is 24.6 Å². The van der Waals surface area contributed by atoms with Gasteiger partial charge in [0, 0.05) is 18.4 Å². The van der Waals surface area contributed by atoms with Gasteiger partial charge >= 0.3 is 6.09 Å². The first kappa shape index (κ1) is 15.0. The van der Waals surface area contributed by atoms with Gasteiger partial charge in [-0.3, -0.25) is 10.4 Å². The fourth-order valence-electron chi connectivity index (χ4n) is 2.43. The summed E-state index contributed by atoms with van der Waals surface area (Å²) in [6.45, 7) is 2.35. The molecule has 0 saturated carbocycles. The van der Waals surface area contributed by atoms with Crippen molar-refractivity contribution >= 4 is 22.9 Å². The van der Waals surface area contributed by atoms with Crippen LogP contribution in [-0.4, -0.2) is 35.7 Å². The molecule has 0 radical (unpaired) electrons. The van der Waals surface area contributed by atoms with Crippen LogP contribution in [0.15, 0.2) is 22.7 Å². The molecule has 2 aromatic heterocycles. The fraction of sp³-hybridized carbons (Fsp3) is 0.267. The predicted molar refractivity (Wildman–Crippen MR) is 83.1 cm³/mol. The molecule has 8 heteroatoms. The van der Waals surface area contributed by atoms with Crippen LogP contribution in [0.5, 0.6) is 0 Å². The van der Waals surface area contributed by atoms with Crippen molar-refractivity contribution in [3.63, 3.8) is 0 Å². The summed E-state index contributed by atoms with van der Waals surface area (Å²) in [6, 6.07) is 5.59. The number of fused-ring (bicyclic) bond motifs is 1. The summed E-state index contributed by atoms with van der Waals surface area (Å²) in [5.41, 5.74) is 4.20. The summed E-state index contributed by atoms with van der Waals surface area (Å²) >= 11 is 0. The van der Waals surface area contributed by atoms with E-state index in [-0.39, 0.29) is 0 Å². The minimum absolute atomic E-state index is 0.319. The Morgan fingerprint density at radius 2 is 2.22 bits per heavy atom. The lowest BCUT2D eigenvalue weighted by Gasteiger charge is -2.04. The van der Waals surface area contributed by atoms with Crippen LogP contribution in [0.1, 0.15) is 11.4 Å². The van der Waals surface area contributed by atoms with Crippen LogP contribution < -0.4 is 5.32 Å². The van der Waals surface area contributed by atoms with Gasteiger partial charge in [0.25, 0.3) is 0 Å². The molecule has 0 aliphatic carbocycles. The number of aromatic nitrogens is 3. The number of amides is 1. The normalized spacial score (nSPS) is 10.9. The largest absolute Gasteiger partial charge is 0.453 e. The number of benzene rings is 1. The first-order valence-electron chi connectivity index (χ1n) is 6.91. The van der Waals surface area contributed by atoms with Crippen molar-refractivity contribution < 1.29 is 18.8 Å². The van der Waals surface area contributed by atoms with Gasteiger partial charge in [-0.2, -0.15) is 5.10 Å². The lowest BCUT2D eigenvalue weighted by atomic mass is 10.0. The minimum Gasteiger partial charge on any atom is -0.453 e. The molecule has 8 nitrogen and oxygen atoms in total. The Balaban J connectivity index is 2.02. The summed E-state index contributed by atoms with van der Waals surface area (Å²) in [6.07, 6.45) is -0.600. The van der Waals surface area contributed by atoms with Crippen molar-refractivity contribution in [3.05, 3.63) is 29.6 Å². The van der Waals surface area contributed by atoms with Crippen molar-refractivity contribution in [2.45, 2.75) is 13.5 Å². The van der Waals surface area contributed by atoms with Crippen molar-refractivity contribution in [3.8, 4) is 11.1 Å². The van der Waals surface area contributed by atoms with Gasteiger partial charge < -0.3 is 14.0 Å². The standard InChI is InChI=1S/C15H16N4O4/c1-8-13(11(7-21-2)18-17-8)9-4-5-10-12(6-9)23-19-14(10)16-15(20)22-3/h4-6H,7H2,1-3H3,(H,17,18)(H,16,19,20). The molecule has 120 valence electrons. The highest BCUT2D eigenvalue weighted by atomic mass is 16.5. The maximum absolute atomic E-state index is 11.3. The predicted octanol–water partition coefficient (Wildman–Crippen LogP) is 2.85. The topological polar surface area (TPSA) is 102 Å². The van der Waals surface area contributed by atoms with Crippen LogP contribution >= 0.6 is 0 Å². The molecule has 0 atom stereocenters. The van der Waals surface area contributed by atoms with Crippen molar-refractivity contribution in [1.82, 2.24) is 15.4 Å². The molecule has 0 saturated heterocycles. The van der Waals surface area contributed by atoms with E-state index < -0.39 is 6.09 Å². The molecule has 1 aromatic carbocycles. The lowest BCUT2D eigenvalue weighted by Crippen LogP contribution is -2.11. The average Bonchev–Trinajstić information content (AvgIpc) is 3.11. The average molecular weight is 316 g/mol. The van der Waals surface area contributed by atoms with E-state index in [0.717, 1.165) is 22.5 Å². The Bertz CT molecular complexity index is 852. The third kappa shape index (κ3) is 2.76. The summed E-state index contributed by atoms with van der Waals surface area (Å²) in [7, 11) is 2.91. The van der Waals surface area contributed by atoms with Gasteiger partial charge in [-0.25, -0.2) is 4.79 Å². The number of rotatable bonds is 4. The maximum Gasteiger partial charge on any atom is 0.412 e. The highest BCUT2D eigenvalue weighted by Gasteiger charge is 2.16. The van der Waals surface area contributed by atoms with E-state index >= 15 is 0 Å². The Hall–Kier alpha value is -2.87. The van der Waals surface area contributed by atoms with Crippen molar-refractivity contribution in [1.29, 1.82) is 0 Å². The van der Waals surface area contributed by atoms with E-state index in [1.807, 2.05) is 25.1 Å². The SMILES string of the molecule is COCc1n[nH]c(C)c1-c1ccc2c(NC(=O)OC)noc2c1. The van der Waals surface area contributed by atoms with Crippen LogP contribution in [-0.2, 0) is 16.1 Å². The number of hydrogen-bond acceptors (Lipinski definition) is 6. The van der Waals surface area contributed by atoms with Gasteiger partial charge in [0.05, 0.1) is 24.8 Å². The number of carbonyl (C=O) groups is 1. The molecule has 0 fully saturated rings. The Labute approximate surface area is 131 Å². The second-order valence-corrected chi connectivity index (χ2v) is 4.96. The molecule has 3 aromatic rings. The van der Waals surface area contributed by atoms with Crippen LogP contribution in [0.25, 0.3) is 22.1 Å². The zero-order valence-corrected chi connectivity index (χ0v) is 13.0. The lowest BCUT2D eigenvalue weighted by molar-refractivity contribution is 0.182. The summed E-state index contributed by atoms with van der Waals surface area (Å²) in [5.74, 6) is 0.319. The first-order chi connectivity index (χ1) is 11.1. The Morgan fingerprint density at radius 3 is 2.96 bits per heavy atom. The summed E-state index contributed by atoms with van der Waals surface area (Å²) in [4.78, 5) is 11.3. The number of carbonyl (C=O) groups excluding carboxylic acids is 1. The number of nitrogens with zero attached hydrogens (tertiary/aromatic N) is 2. The number of hydrogen-bond donors (Lipinski definition) is 2. The highest BCUT2D eigenvalue weighted by Crippen LogP contribution is 2.31. The number of methoxy groups -OCH3 is 2. The van der Waals surface area contributed by atoms with E-state index in [1.165, 1.54) is 7.11 Å². The van der Waals surface area contributed by atoms with Crippen LogP contribution in [0.2, 0.25) is 0 Å². The van der Waals surface area contributed by atoms with Crippen LogP contribution in [0.4, 0.5) is 10.6 Å². The second kappa shape index (κ2) is 6.09. The Kier molecular flexibility index (Phi) is 3.98. The quantitative estimate of drug-likeness (QED) is 0.767. The highest BCUT2D eigenvalue weighted by molar-refractivity contribution is 5.97. The van der Waals surface area contributed by atoms with Gasteiger partial charge in [-0.15, -0.1) is 0 Å². The molecule has 2 N–H and O–H groups in total. The third-order valence-electron chi connectivity index (χ3n) is 3.47. The molecule has 23 heavy (non-hydrogen) atoms. The number of aryl methyl sites for hydroxylation is 1. The van der Waals surface area contributed by atoms with Crippen LogP contribution in [0, 0.1) is 6.92 Å². The Morgan fingerprint density at radius 1 is 1.39 bits per heavy atom. The molecule has 2 heterocycles. The monoisotopic (exact) mass is 316 g/mol. The van der Waals surface area contributed by atoms with Crippen molar-refractivity contribution in [2.75, 3.05) is 19.5 Å². The van der Waals surface area contributed by atoms with E-state index in [2.05, 4.69) is 25.4 Å².